The van der Waals surface area contributed by atoms with E-state index in [4.69, 9.17) is 4.74 Å². The maximum atomic E-state index is 12.5. The fraction of sp³-hybridized carbons (Fsp3) is 0.940. The molecule has 2 unspecified atom stereocenters. The number of allylic oxidation sites excluding steroid dienone is 1. The molecule has 0 aliphatic rings. The van der Waals surface area contributed by atoms with Gasteiger partial charge in [0.05, 0.1) is 25.4 Å². The molecule has 0 bridgehead atoms. The molecule has 0 aromatic heterocycles. The molecule has 2 atom stereocenters. The number of esters is 1. The molecule has 0 aromatic carbocycles. The van der Waals surface area contributed by atoms with Gasteiger partial charge in [0.25, 0.3) is 0 Å². The Morgan fingerprint density at radius 2 is 0.630 bits per heavy atom. The van der Waals surface area contributed by atoms with Crippen molar-refractivity contribution in [3.8, 4) is 0 Å². The molecule has 0 saturated heterocycles. The molecular formula is C67H131NO5. The normalized spacial score (nSPS) is 12.5. The molecule has 434 valence electrons. The van der Waals surface area contributed by atoms with E-state index >= 15 is 0 Å². The first-order chi connectivity index (χ1) is 36.0. The van der Waals surface area contributed by atoms with Gasteiger partial charge >= 0.3 is 5.97 Å². The summed E-state index contributed by atoms with van der Waals surface area (Å²) in [5.74, 6) is -0.0438. The van der Waals surface area contributed by atoms with Gasteiger partial charge in [-0.15, -0.1) is 0 Å². The Bertz CT molecular complexity index is 1100. The Labute approximate surface area is 457 Å². The predicted octanol–water partition coefficient (Wildman–Crippen LogP) is 21.2. The number of hydrogen-bond donors (Lipinski definition) is 3. The van der Waals surface area contributed by atoms with Crippen LogP contribution in [0, 0.1) is 0 Å². The molecule has 0 spiro atoms. The molecule has 6 nitrogen and oxygen atoms in total. The van der Waals surface area contributed by atoms with E-state index in [1.165, 1.54) is 315 Å². The third kappa shape index (κ3) is 59.7. The predicted molar refractivity (Wildman–Crippen MR) is 320 cm³/mol. The summed E-state index contributed by atoms with van der Waals surface area (Å²) in [5.41, 5.74) is 0. The number of ether oxygens (including phenoxy) is 1. The maximum absolute atomic E-state index is 12.5. The van der Waals surface area contributed by atoms with Crippen molar-refractivity contribution >= 4 is 11.9 Å². The van der Waals surface area contributed by atoms with Crippen molar-refractivity contribution in [2.75, 3.05) is 13.2 Å². The Balaban J connectivity index is 3.37. The SMILES string of the molecule is CCCCCCCCCCCCCCCCCC/C=C/C(O)C(CO)NC(=O)CCCCCCCCCCCCCCCCCCCCCCCCCCCCOC(=O)CCCCCCCCCCCCCC. The second kappa shape index (κ2) is 63.1. The summed E-state index contributed by atoms with van der Waals surface area (Å²) >= 11 is 0. The number of aliphatic hydroxyl groups is 2. The lowest BCUT2D eigenvalue weighted by Crippen LogP contribution is -2.45. The Morgan fingerprint density at radius 3 is 0.932 bits per heavy atom. The van der Waals surface area contributed by atoms with Gasteiger partial charge in [-0.2, -0.15) is 0 Å². The van der Waals surface area contributed by atoms with Crippen LogP contribution < -0.4 is 5.32 Å². The minimum absolute atomic E-state index is 0.0183. The van der Waals surface area contributed by atoms with Crippen molar-refractivity contribution in [2.45, 2.75) is 392 Å². The zero-order valence-electron chi connectivity index (χ0n) is 49.6. The molecule has 0 saturated carbocycles. The second-order valence-electron chi connectivity index (χ2n) is 23.2. The third-order valence-electron chi connectivity index (χ3n) is 15.8. The van der Waals surface area contributed by atoms with E-state index in [1.807, 2.05) is 6.08 Å². The van der Waals surface area contributed by atoms with Gasteiger partial charge in [0.1, 0.15) is 0 Å². The topological polar surface area (TPSA) is 95.9 Å². The Morgan fingerprint density at radius 1 is 0.370 bits per heavy atom. The summed E-state index contributed by atoms with van der Waals surface area (Å²) in [6.07, 6.45) is 77.0. The average Bonchev–Trinajstić information content (AvgIpc) is 3.39. The van der Waals surface area contributed by atoms with Crippen LogP contribution in [0.15, 0.2) is 12.2 Å². The monoisotopic (exact) mass is 1030 g/mol. The molecule has 3 N–H and O–H groups in total. The first-order valence-electron chi connectivity index (χ1n) is 33.5. The number of aliphatic hydroxyl groups excluding tert-OH is 2. The van der Waals surface area contributed by atoms with Gasteiger partial charge in [-0.05, 0) is 32.1 Å². The van der Waals surface area contributed by atoms with Crippen molar-refractivity contribution in [1.29, 1.82) is 0 Å². The largest absolute Gasteiger partial charge is 0.466 e. The quantitative estimate of drug-likeness (QED) is 0.0320. The van der Waals surface area contributed by atoms with Gasteiger partial charge in [-0.3, -0.25) is 9.59 Å². The maximum Gasteiger partial charge on any atom is 0.305 e. The van der Waals surface area contributed by atoms with Crippen LogP contribution in [0.5, 0.6) is 0 Å². The molecule has 1 amide bonds. The lowest BCUT2D eigenvalue weighted by Gasteiger charge is -2.20. The van der Waals surface area contributed by atoms with Crippen LogP contribution >= 0.6 is 0 Å². The van der Waals surface area contributed by atoms with E-state index in [2.05, 4.69) is 19.2 Å². The number of rotatable bonds is 63. The van der Waals surface area contributed by atoms with Crippen molar-refractivity contribution < 1.29 is 24.5 Å². The van der Waals surface area contributed by atoms with E-state index < -0.39 is 12.1 Å². The smallest absolute Gasteiger partial charge is 0.305 e. The number of carbonyl (C=O) groups is 2. The van der Waals surface area contributed by atoms with Gasteiger partial charge in [-0.25, -0.2) is 0 Å². The second-order valence-corrected chi connectivity index (χ2v) is 23.2. The lowest BCUT2D eigenvalue weighted by molar-refractivity contribution is -0.143. The van der Waals surface area contributed by atoms with Crippen LogP contribution in [-0.4, -0.2) is 47.4 Å². The van der Waals surface area contributed by atoms with Crippen molar-refractivity contribution in [3.63, 3.8) is 0 Å². The lowest BCUT2D eigenvalue weighted by atomic mass is 10.0. The van der Waals surface area contributed by atoms with E-state index in [9.17, 15) is 19.8 Å². The van der Waals surface area contributed by atoms with Crippen LogP contribution in [0.4, 0.5) is 0 Å². The van der Waals surface area contributed by atoms with Crippen LogP contribution in [0.2, 0.25) is 0 Å². The molecule has 0 fully saturated rings. The van der Waals surface area contributed by atoms with Crippen LogP contribution in [0.1, 0.15) is 380 Å². The number of hydrogen-bond acceptors (Lipinski definition) is 5. The van der Waals surface area contributed by atoms with E-state index in [0.717, 1.165) is 38.5 Å². The fourth-order valence-corrected chi connectivity index (χ4v) is 10.7. The van der Waals surface area contributed by atoms with Crippen LogP contribution in [-0.2, 0) is 14.3 Å². The summed E-state index contributed by atoms with van der Waals surface area (Å²) in [6, 6.07) is -0.626. The highest BCUT2D eigenvalue weighted by atomic mass is 16.5. The first kappa shape index (κ1) is 71.6. The molecule has 73 heavy (non-hydrogen) atoms. The summed E-state index contributed by atoms with van der Waals surface area (Å²) in [7, 11) is 0. The first-order valence-corrected chi connectivity index (χ1v) is 33.5. The zero-order chi connectivity index (χ0) is 52.9. The average molecular weight is 1030 g/mol. The fourth-order valence-electron chi connectivity index (χ4n) is 10.7. The molecule has 0 aliphatic heterocycles. The zero-order valence-corrected chi connectivity index (χ0v) is 49.6. The Kier molecular flexibility index (Phi) is 61.9. The molecule has 0 radical (unpaired) electrons. The molecule has 0 rings (SSSR count). The third-order valence-corrected chi connectivity index (χ3v) is 15.8. The number of unbranched alkanes of at least 4 members (excludes halogenated alkanes) is 52. The summed E-state index contributed by atoms with van der Waals surface area (Å²) < 4.78 is 5.48. The number of carbonyl (C=O) groups excluding carboxylic acids is 2. The highest BCUT2D eigenvalue weighted by Crippen LogP contribution is 2.19. The highest BCUT2D eigenvalue weighted by Gasteiger charge is 2.18. The highest BCUT2D eigenvalue weighted by molar-refractivity contribution is 5.76. The molecule has 0 aromatic rings. The van der Waals surface area contributed by atoms with E-state index in [-0.39, 0.29) is 18.5 Å². The molecule has 6 heteroatoms. The Hall–Kier alpha value is -1.40. The van der Waals surface area contributed by atoms with Gasteiger partial charge in [-0.1, -0.05) is 347 Å². The van der Waals surface area contributed by atoms with Gasteiger partial charge in [0.2, 0.25) is 5.91 Å². The van der Waals surface area contributed by atoms with Crippen molar-refractivity contribution in [3.05, 3.63) is 12.2 Å². The van der Waals surface area contributed by atoms with Gasteiger partial charge in [0, 0.05) is 12.8 Å². The number of amides is 1. The minimum Gasteiger partial charge on any atom is -0.466 e. The van der Waals surface area contributed by atoms with Crippen molar-refractivity contribution in [1.82, 2.24) is 5.32 Å². The molecule has 0 heterocycles. The van der Waals surface area contributed by atoms with Gasteiger partial charge in [0.15, 0.2) is 0 Å². The van der Waals surface area contributed by atoms with Crippen molar-refractivity contribution in [2.24, 2.45) is 0 Å². The summed E-state index contributed by atoms with van der Waals surface area (Å²) in [6.45, 7) is 4.94. The standard InChI is InChI=1S/C67H131NO5/c1-3-5-7-9-11-13-15-17-18-19-30-33-36-39-43-47-51-55-59-65(70)64(63-69)68-66(71)60-56-52-48-44-40-37-34-31-28-26-24-22-20-21-23-25-27-29-32-35-38-42-46-50-54-58-62-73-67(72)61-57-53-49-45-41-16-14-12-10-8-6-4-2/h55,59,64-65,69-70H,3-54,56-58,60-63H2,1-2H3,(H,68,71)/b59-55+. The minimum atomic E-state index is -0.842. The number of nitrogens with one attached hydrogen (secondary N) is 1. The van der Waals surface area contributed by atoms with Crippen LogP contribution in [0.25, 0.3) is 0 Å². The molecule has 0 aliphatic carbocycles. The molecular weight excluding hydrogens is 899 g/mol. The van der Waals surface area contributed by atoms with E-state index in [1.54, 1.807) is 6.08 Å². The van der Waals surface area contributed by atoms with Crippen LogP contribution in [0.3, 0.4) is 0 Å². The van der Waals surface area contributed by atoms with E-state index in [0.29, 0.717) is 19.4 Å². The van der Waals surface area contributed by atoms with Gasteiger partial charge < -0.3 is 20.3 Å². The summed E-state index contributed by atoms with van der Waals surface area (Å²) in [5, 5.41) is 23.2. The summed E-state index contributed by atoms with van der Waals surface area (Å²) in [4.78, 5) is 24.5.